The minimum absolute atomic E-state index is 0.0958. The van der Waals surface area contributed by atoms with Crippen molar-refractivity contribution in [1.82, 2.24) is 0 Å². The Bertz CT molecular complexity index is 473. The van der Waals surface area contributed by atoms with Crippen molar-refractivity contribution in [3.63, 3.8) is 0 Å². The summed E-state index contributed by atoms with van der Waals surface area (Å²) >= 11 is 0. The zero-order valence-corrected chi connectivity index (χ0v) is 13.3. The summed E-state index contributed by atoms with van der Waals surface area (Å²) < 4.78 is 5.15. The molecule has 1 aromatic rings. The fourth-order valence-electron chi connectivity index (χ4n) is 2.23. The Kier molecular flexibility index (Phi) is 8.88. The molecule has 1 rings (SSSR count). The summed E-state index contributed by atoms with van der Waals surface area (Å²) in [4.78, 5) is 21.9. The van der Waals surface area contributed by atoms with E-state index in [9.17, 15) is 14.9 Å². The molecule has 0 heterocycles. The molecule has 0 atom stereocenters. The first-order valence-electron chi connectivity index (χ1n) is 8.06. The summed E-state index contributed by atoms with van der Waals surface area (Å²) in [6.45, 7) is 2.58. The number of carbonyl (C=O) groups excluding carboxylic acids is 1. The normalized spacial score (nSPS) is 10.4. The predicted octanol–water partition coefficient (Wildman–Crippen LogP) is 4.89. The van der Waals surface area contributed by atoms with E-state index < -0.39 is 10.9 Å². The Morgan fingerprint density at radius 2 is 1.73 bits per heavy atom. The third-order valence-electron chi connectivity index (χ3n) is 3.52. The van der Waals surface area contributed by atoms with Gasteiger partial charge in [-0.3, -0.25) is 10.1 Å². The smallest absolute Gasteiger partial charge is 0.338 e. The summed E-state index contributed by atoms with van der Waals surface area (Å²) in [6.07, 6.45) is 9.44. The zero-order chi connectivity index (χ0) is 16.2. The standard InChI is InChI=1S/C17H25NO4/c1-2-3-4-5-6-7-8-9-13-22-17(19)15-11-10-12-16(14-15)18(20)21/h10-12,14H,2-9,13H2,1H3. The van der Waals surface area contributed by atoms with Crippen molar-refractivity contribution in [3.05, 3.63) is 39.9 Å². The number of esters is 1. The Balaban J connectivity index is 2.16. The number of hydrogen-bond acceptors (Lipinski definition) is 4. The van der Waals surface area contributed by atoms with Crippen LogP contribution in [0.15, 0.2) is 24.3 Å². The number of benzene rings is 1. The number of hydrogen-bond donors (Lipinski definition) is 0. The van der Waals surface area contributed by atoms with Gasteiger partial charge in [-0.1, -0.05) is 57.9 Å². The van der Waals surface area contributed by atoms with Gasteiger partial charge in [-0.05, 0) is 12.5 Å². The maximum Gasteiger partial charge on any atom is 0.338 e. The van der Waals surface area contributed by atoms with Gasteiger partial charge in [0, 0.05) is 12.1 Å². The molecular formula is C17H25NO4. The molecule has 0 aliphatic heterocycles. The molecule has 0 spiro atoms. The molecule has 0 aliphatic carbocycles. The number of carbonyl (C=O) groups is 1. The minimum atomic E-state index is -0.519. The van der Waals surface area contributed by atoms with Crippen LogP contribution in [-0.4, -0.2) is 17.5 Å². The highest BCUT2D eigenvalue weighted by Crippen LogP contribution is 2.14. The van der Waals surface area contributed by atoms with E-state index in [4.69, 9.17) is 4.74 Å². The topological polar surface area (TPSA) is 69.4 Å². The summed E-state index contributed by atoms with van der Waals surface area (Å²) in [5.74, 6) is -0.494. The highest BCUT2D eigenvalue weighted by atomic mass is 16.6. The molecule has 122 valence electrons. The van der Waals surface area contributed by atoms with Crippen LogP contribution in [0.3, 0.4) is 0 Å². The van der Waals surface area contributed by atoms with E-state index in [0.717, 1.165) is 19.3 Å². The predicted molar refractivity (Wildman–Crippen MR) is 86.0 cm³/mol. The Morgan fingerprint density at radius 3 is 2.36 bits per heavy atom. The van der Waals surface area contributed by atoms with Gasteiger partial charge in [0.15, 0.2) is 0 Å². The molecule has 0 amide bonds. The first-order valence-corrected chi connectivity index (χ1v) is 8.06. The lowest BCUT2D eigenvalue weighted by atomic mass is 10.1. The van der Waals surface area contributed by atoms with Crippen LogP contribution >= 0.6 is 0 Å². The summed E-state index contributed by atoms with van der Waals surface area (Å²) in [5, 5.41) is 10.7. The second kappa shape index (κ2) is 10.8. The van der Waals surface area contributed by atoms with Crippen LogP contribution in [0.2, 0.25) is 0 Å². The molecule has 0 saturated carbocycles. The average molecular weight is 307 g/mol. The van der Waals surface area contributed by atoms with E-state index in [-0.39, 0.29) is 11.3 Å². The van der Waals surface area contributed by atoms with Crippen LogP contribution in [0.1, 0.15) is 68.6 Å². The van der Waals surface area contributed by atoms with Crippen molar-refractivity contribution >= 4 is 11.7 Å². The molecule has 0 unspecified atom stereocenters. The summed E-state index contributed by atoms with van der Waals surface area (Å²) in [5.41, 5.74) is 0.135. The number of ether oxygens (including phenoxy) is 1. The minimum Gasteiger partial charge on any atom is -0.462 e. The van der Waals surface area contributed by atoms with Gasteiger partial charge >= 0.3 is 5.97 Å². The molecule has 5 nitrogen and oxygen atoms in total. The molecule has 0 aromatic heterocycles. The van der Waals surface area contributed by atoms with Crippen molar-refractivity contribution in [2.24, 2.45) is 0 Å². The summed E-state index contributed by atoms with van der Waals surface area (Å²) in [6, 6.07) is 5.62. The molecule has 1 aromatic carbocycles. The monoisotopic (exact) mass is 307 g/mol. The molecule has 0 saturated heterocycles. The maximum atomic E-state index is 11.8. The fraction of sp³-hybridized carbons (Fsp3) is 0.588. The highest BCUT2D eigenvalue weighted by Gasteiger charge is 2.12. The van der Waals surface area contributed by atoms with E-state index in [0.29, 0.717) is 6.61 Å². The molecule has 0 radical (unpaired) electrons. The maximum absolute atomic E-state index is 11.8. The van der Waals surface area contributed by atoms with E-state index >= 15 is 0 Å². The van der Waals surface area contributed by atoms with Gasteiger partial charge in [0.05, 0.1) is 17.1 Å². The molecule has 0 bridgehead atoms. The second-order valence-corrected chi connectivity index (χ2v) is 5.42. The van der Waals surface area contributed by atoms with Crippen LogP contribution in [-0.2, 0) is 4.74 Å². The van der Waals surface area contributed by atoms with Crippen molar-refractivity contribution in [2.75, 3.05) is 6.61 Å². The van der Waals surface area contributed by atoms with Crippen LogP contribution in [0, 0.1) is 10.1 Å². The number of nitrogens with zero attached hydrogens (tertiary/aromatic N) is 1. The Morgan fingerprint density at radius 1 is 1.09 bits per heavy atom. The molecule has 0 fully saturated rings. The van der Waals surface area contributed by atoms with Gasteiger partial charge < -0.3 is 4.74 Å². The SMILES string of the molecule is CCCCCCCCCCOC(=O)c1cccc([N+](=O)[O-])c1. The Hall–Kier alpha value is -1.91. The van der Waals surface area contributed by atoms with E-state index in [1.807, 2.05) is 0 Å². The van der Waals surface area contributed by atoms with Gasteiger partial charge in [-0.25, -0.2) is 4.79 Å². The zero-order valence-electron chi connectivity index (χ0n) is 13.3. The van der Waals surface area contributed by atoms with E-state index in [1.54, 1.807) is 0 Å². The largest absolute Gasteiger partial charge is 0.462 e. The number of rotatable bonds is 11. The number of non-ortho nitro benzene ring substituents is 1. The molecule has 22 heavy (non-hydrogen) atoms. The van der Waals surface area contributed by atoms with Crippen molar-refractivity contribution < 1.29 is 14.5 Å². The van der Waals surface area contributed by atoms with Gasteiger partial charge in [-0.2, -0.15) is 0 Å². The van der Waals surface area contributed by atoms with Crippen LogP contribution in [0.4, 0.5) is 5.69 Å². The molecular weight excluding hydrogens is 282 g/mol. The van der Waals surface area contributed by atoms with Crippen molar-refractivity contribution in [2.45, 2.75) is 58.3 Å². The van der Waals surface area contributed by atoms with Gasteiger partial charge in [-0.15, -0.1) is 0 Å². The van der Waals surface area contributed by atoms with E-state index in [2.05, 4.69) is 6.92 Å². The molecule has 0 N–H and O–H groups in total. The van der Waals surface area contributed by atoms with Gasteiger partial charge in [0.2, 0.25) is 0 Å². The lowest BCUT2D eigenvalue weighted by molar-refractivity contribution is -0.384. The number of nitro groups is 1. The van der Waals surface area contributed by atoms with Gasteiger partial charge in [0.25, 0.3) is 5.69 Å². The van der Waals surface area contributed by atoms with Crippen molar-refractivity contribution in [3.8, 4) is 0 Å². The fourth-order valence-corrected chi connectivity index (χ4v) is 2.23. The van der Waals surface area contributed by atoms with Crippen molar-refractivity contribution in [1.29, 1.82) is 0 Å². The quantitative estimate of drug-likeness (QED) is 0.252. The van der Waals surface area contributed by atoms with Crippen LogP contribution in [0.5, 0.6) is 0 Å². The highest BCUT2D eigenvalue weighted by molar-refractivity contribution is 5.90. The lowest BCUT2D eigenvalue weighted by Crippen LogP contribution is -2.06. The van der Waals surface area contributed by atoms with Crippen LogP contribution < -0.4 is 0 Å². The van der Waals surface area contributed by atoms with Gasteiger partial charge in [0.1, 0.15) is 0 Å². The molecule has 0 aliphatic rings. The average Bonchev–Trinajstić information content (AvgIpc) is 2.53. The first kappa shape index (κ1) is 18.1. The lowest BCUT2D eigenvalue weighted by Gasteiger charge is -2.05. The second-order valence-electron chi connectivity index (χ2n) is 5.42. The first-order chi connectivity index (χ1) is 10.6. The third-order valence-corrected chi connectivity index (χ3v) is 3.52. The third kappa shape index (κ3) is 7.20. The summed E-state index contributed by atoms with van der Waals surface area (Å²) in [7, 11) is 0. The number of unbranched alkanes of at least 4 members (excludes halogenated alkanes) is 7. The van der Waals surface area contributed by atoms with E-state index in [1.165, 1.54) is 56.4 Å². The van der Waals surface area contributed by atoms with Crippen LogP contribution in [0.25, 0.3) is 0 Å². The number of nitro benzene ring substituents is 1. The molecule has 5 heteroatoms. The Labute approximate surface area is 131 Å².